The van der Waals surface area contributed by atoms with E-state index in [1.54, 1.807) is 12.1 Å². The molecule has 2 nitrogen and oxygen atoms in total. The first-order valence-corrected chi connectivity index (χ1v) is 7.44. The molecule has 0 spiro atoms. The molecule has 2 atom stereocenters. The molecule has 1 aliphatic rings. The van der Waals surface area contributed by atoms with Crippen molar-refractivity contribution in [2.75, 3.05) is 13.1 Å². The molecule has 2 N–H and O–H groups in total. The number of likely N-dealkylation sites (tertiary alicyclic amines) is 1. The monoisotopic (exact) mass is 286 g/mol. The van der Waals surface area contributed by atoms with Crippen LogP contribution in [0.4, 0.5) is 8.78 Å². The third-order valence-electron chi connectivity index (χ3n) is 3.61. The fraction of sp³-hybridized carbons (Fsp3) is 0.571. The van der Waals surface area contributed by atoms with E-state index in [0.29, 0.717) is 22.6 Å². The van der Waals surface area contributed by atoms with Crippen molar-refractivity contribution < 1.29 is 8.78 Å². The molecular formula is C14H20F2N2S. The van der Waals surface area contributed by atoms with Crippen LogP contribution in [0.5, 0.6) is 0 Å². The molecule has 1 heterocycles. The van der Waals surface area contributed by atoms with Crippen molar-refractivity contribution in [3.8, 4) is 0 Å². The van der Waals surface area contributed by atoms with Gasteiger partial charge in [-0.25, -0.2) is 0 Å². The van der Waals surface area contributed by atoms with Crippen molar-refractivity contribution in [3.05, 3.63) is 29.8 Å². The van der Waals surface area contributed by atoms with Gasteiger partial charge in [0.1, 0.15) is 0 Å². The largest absolute Gasteiger partial charge is 0.328 e. The number of hydrogen-bond donors (Lipinski definition) is 1. The number of rotatable bonds is 5. The van der Waals surface area contributed by atoms with Crippen LogP contribution < -0.4 is 5.73 Å². The highest BCUT2D eigenvalue weighted by atomic mass is 32.2. The Morgan fingerprint density at radius 1 is 1.37 bits per heavy atom. The first kappa shape index (κ1) is 14.8. The molecule has 0 radical (unpaired) electrons. The van der Waals surface area contributed by atoms with E-state index in [2.05, 4.69) is 11.8 Å². The van der Waals surface area contributed by atoms with Gasteiger partial charge in [0.15, 0.2) is 0 Å². The molecule has 1 aliphatic heterocycles. The van der Waals surface area contributed by atoms with Crippen LogP contribution in [0.25, 0.3) is 0 Å². The van der Waals surface area contributed by atoms with Gasteiger partial charge in [0.2, 0.25) is 0 Å². The second-order valence-corrected chi connectivity index (χ2v) is 6.23. The molecular weight excluding hydrogens is 266 g/mol. The molecule has 0 unspecified atom stereocenters. The summed E-state index contributed by atoms with van der Waals surface area (Å²) >= 11 is 0.591. The summed E-state index contributed by atoms with van der Waals surface area (Å²) in [5.74, 6) is -1.77. The summed E-state index contributed by atoms with van der Waals surface area (Å²) in [6.07, 6.45) is 1.15. The lowest BCUT2D eigenvalue weighted by Gasteiger charge is -2.18. The number of halogens is 2. The molecule has 0 saturated carbocycles. The second kappa shape index (κ2) is 6.68. The maximum Gasteiger partial charge on any atom is 0.288 e. The summed E-state index contributed by atoms with van der Waals surface area (Å²) in [5, 5.41) is 0. The summed E-state index contributed by atoms with van der Waals surface area (Å²) in [7, 11) is 0. The number of hydrogen-bond acceptors (Lipinski definition) is 3. The first-order valence-electron chi connectivity index (χ1n) is 6.56. The molecule has 0 aromatic heterocycles. The minimum absolute atomic E-state index is 0.245. The molecule has 1 aromatic rings. The van der Waals surface area contributed by atoms with Gasteiger partial charge in [-0.15, -0.1) is 0 Å². The van der Waals surface area contributed by atoms with E-state index in [1.807, 2.05) is 12.1 Å². The standard InChI is InChI=1S/C14H20F2N2S/c1-10(17)12-6-7-18(9-12)8-11-2-4-13(5-3-11)19-14(15)16/h2-5,10,12,14H,6-9,17H2,1H3/t10-,12-/m1/s1. The lowest BCUT2D eigenvalue weighted by atomic mass is 10.0. The third-order valence-corrected chi connectivity index (χ3v) is 4.33. The summed E-state index contributed by atoms with van der Waals surface area (Å²) in [6, 6.07) is 7.65. The van der Waals surface area contributed by atoms with Crippen molar-refractivity contribution in [3.63, 3.8) is 0 Å². The fourth-order valence-electron chi connectivity index (χ4n) is 2.47. The molecule has 1 aromatic carbocycles. The Kier molecular flexibility index (Phi) is 5.19. The predicted molar refractivity (Wildman–Crippen MR) is 75.3 cm³/mol. The Labute approximate surface area is 117 Å². The van der Waals surface area contributed by atoms with E-state index in [9.17, 15) is 8.78 Å². The Morgan fingerprint density at radius 2 is 2.05 bits per heavy atom. The van der Waals surface area contributed by atoms with E-state index in [1.165, 1.54) is 5.56 Å². The molecule has 19 heavy (non-hydrogen) atoms. The van der Waals surface area contributed by atoms with Crippen molar-refractivity contribution in [1.29, 1.82) is 0 Å². The maximum absolute atomic E-state index is 12.2. The van der Waals surface area contributed by atoms with Gasteiger partial charge in [-0.1, -0.05) is 23.9 Å². The van der Waals surface area contributed by atoms with Gasteiger partial charge in [-0.05, 0) is 43.5 Å². The number of alkyl halides is 2. The van der Waals surface area contributed by atoms with E-state index in [0.717, 1.165) is 26.1 Å². The van der Waals surface area contributed by atoms with Crippen LogP contribution in [0.1, 0.15) is 18.9 Å². The Bertz CT molecular complexity index is 395. The lowest BCUT2D eigenvalue weighted by molar-refractivity contribution is 0.252. The van der Waals surface area contributed by atoms with Gasteiger partial charge < -0.3 is 5.73 Å². The Morgan fingerprint density at radius 3 is 2.58 bits per heavy atom. The van der Waals surface area contributed by atoms with Gasteiger partial charge in [0.05, 0.1) is 0 Å². The number of benzene rings is 1. The van der Waals surface area contributed by atoms with Gasteiger partial charge in [0, 0.05) is 24.0 Å². The SMILES string of the molecule is C[C@@H](N)[C@@H]1CCN(Cc2ccc(SC(F)F)cc2)C1. The minimum atomic E-state index is -2.35. The fourth-order valence-corrected chi connectivity index (χ4v) is 2.97. The summed E-state index contributed by atoms with van der Waals surface area (Å²) in [5.41, 5.74) is 7.09. The second-order valence-electron chi connectivity index (χ2n) is 5.17. The predicted octanol–water partition coefficient (Wildman–Crippen LogP) is 3.17. The molecule has 2 rings (SSSR count). The average molecular weight is 286 g/mol. The number of nitrogens with zero attached hydrogens (tertiary/aromatic N) is 1. The lowest BCUT2D eigenvalue weighted by Crippen LogP contribution is -2.29. The molecule has 1 fully saturated rings. The summed E-state index contributed by atoms with van der Waals surface area (Å²) < 4.78 is 24.4. The van der Waals surface area contributed by atoms with E-state index in [-0.39, 0.29) is 6.04 Å². The Balaban J connectivity index is 1.86. The van der Waals surface area contributed by atoms with Gasteiger partial charge in [-0.3, -0.25) is 4.90 Å². The van der Waals surface area contributed by atoms with Crippen LogP contribution in [0.15, 0.2) is 29.2 Å². The topological polar surface area (TPSA) is 29.3 Å². The zero-order chi connectivity index (χ0) is 13.8. The average Bonchev–Trinajstić information content (AvgIpc) is 2.80. The van der Waals surface area contributed by atoms with Crippen LogP contribution in [0, 0.1) is 5.92 Å². The molecule has 106 valence electrons. The van der Waals surface area contributed by atoms with Gasteiger partial charge in [-0.2, -0.15) is 8.78 Å². The van der Waals surface area contributed by atoms with E-state index >= 15 is 0 Å². The van der Waals surface area contributed by atoms with Crippen molar-refractivity contribution in [2.24, 2.45) is 11.7 Å². The number of nitrogens with two attached hydrogens (primary N) is 1. The Hall–Kier alpha value is -0.650. The minimum Gasteiger partial charge on any atom is -0.328 e. The molecule has 1 saturated heterocycles. The highest BCUT2D eigenvalue weighted by Crippen LogP contribution is 2.26. The zero-order valence-corrected chi connectivity index (χ0v) is 11.9. The van der Waals surface area contributed by atoms with Crippen LogP contribution in [0.2, 0.25) is 0 Å². The van der Waals surface area contributed by atoms with Crippen LogP contribution in [-0.4, -0.2) is 29.8 Å². The van der Waals surface area contributed by atoms with E-state index < -0.39 is 5.76 Å². The van der Waals surface area contributed by atoms with Crippen LogP contribution in [-0.2, 0) is 6.54 Å². The maximum atomic E-state index is 12.2. The highest BCUT2D eigenvalue weighted by Gasteiger charge is 2.24. The summed E-state index contributed by atoms with van der Waals surface area (Å²) in [4.78, 5) is 3.00. The molecule has 5 heteroatoms. The highest BCUT2D eigenvalue weighted by molar-refractivity contribution is 7.99. The van der Waals surface area contributed by atoms with Crippen molar-refractivity contribution in [2.45, 2.75) is 36.6 Å². The first-order chi connectivity index (χ1) is 9.04. The number of thioether (sulfide) groups is 1. The normalized spacial score (nSPS) is 22.1. The molecule has 0 aliphatic carbocycles. The van der Waals surface area contributed by atoms with Gasteiger partial charge >= 0.3 is 0 Å². The van der Waals surface area contributed by atoms with Crippen molar-refractivity contribution >= 4 is 11.8 Å². The summed E-state index contributed by atoms with van der Waals surface area (Å²) in [6.45, 7) is 5.04. The van der Waals surface area contributed by atoms with Crippen LogP contribution >= 0.6 is 11.8 Å². The van der Waals surface area contributed by atoms with Crippen LogP contribution in [0.3, 0.4) is 0 Å². The quantitative estimate of drug-likeness (QED) is 0.843. The van der Waals surface area contributed by atoms with Crippen molar-refractivity contribution in [1.82, 2.24) is 4.90 Å². The third kappa shape index (κ3) is 4.44. The van der Waals surface area contributed by atoms with E-state index in [4.69, 9.17) is 5.73 Å². The molecule has 0 amide bonds. The zero-order valence-electron chi connectivity index (χ0n) is 11.1. The smallest absolute Gasteiger partial charge is 0.288 e. The molecule has 0 bridgehead atoms. The van der Waals surface area contributed by atoms with Gasteiger partial charge in [0.25, 0.3) is 5.76 Å².